The van der Waals surface area contributed by atoms with Crippen molar-refractivity contribution in [1.29, 1.82) is 0 Å². The third-order valence-corrected chi connectivity index (χ3v) is 3.16. The summed E-state index contributed by atoms with van der Waals surface area (Å²) in [4.78, 5) is 10.8. The highest BCUT2D eigenvalue weighted by molar-refractivity contribution is 5.69. The Labute approximate surface area is 94.0 Å². The first-order chi connectivity index (χ1) is 7.55. The average Bonchev–Trinajstić information content (AvgIpc) is 2.55. The van der Waals surface area contributed by atoms with Crippen LogP contribution in [-0.4, -0.2) is 18.2 Å². The van der Waals surface area contributed by atoms with E-state index < -0.39 is 11.5 Å². The number of hydrogen-bond donors (Lipinski definition) is 2. The van der Waals surface area contributed by atoms with E-state index in [-0.39, 0.29) is 6.42 Å². The summed E-state index contributed by atoms with van der Waals surface area (Å²) in [6, 6.07) is 5.70. The van der Waals surface area contributed by atoms with Crippen molar-refractivity contribution in [3.63, 3.8) is 0 Å². The van der Waals surface area contributed by atoms with Crippen LogP contribution in [0, 0.1) is 0 Å². The molecule has 0 bridgehead atoms. The third-order valence-electron chi connectivity index (χ3n) is 3.16. The van der Waals surface area contributed by atoms with Gasteiger partial charge < -0.3 is 15.6 Å². The summed E-state index contributed by atoms with van der Waals surface area (Å²) in [5.41, 5.74) is 7.46. The van der Waals surface area contributed by atoms with Crippen molar-refractivity contribution < 1.29 is 14.6 Å². The second-order valence-electron chi connectivity index (χ2n) is 4.25. The molecule has 0 aromatic heterocycles. The molecule has 3 N–H and O–H groups in total. The molecule has 0 fully saturated rings. The molecule has 4 heteroatoms. The van der Waals surface area contributed by atoms with E-state index in [2.05, 4.69) is 0 Å². The lowest BCUT2D eigenvalue weighted by atomic mass is 9.89. The van der Waals surface area contributed by atoms with Gasteiger partial charge in [0.15, 0.2) is 0 Å². The van der Waals surface area contributed by atoms with Crippen LogP contribution in [0.5, 0.6) is 5.75 Å². The van der Waals surface area contributed by atoms with Crippen LogP contribution in [0.1, 0.15) is 24.0 Å². The molecule has 0 aliphatic heterocycles. The molecule has 1 aliphatic rings. The zero-order valence-electron chi connectivity index (χ0n) is 9.19. The average molecular weight is 221 g/mol. The lowest BCUT2D eigenvalue weighted by Crippen LogP contribution is -2.36. The summed E-state index contributed by atoms with van der Waals surface area (Å²) >= 11 is 0. The van der Waals surface area contributed by atoms with Crippen molar-refractivity contribution in [2.24, 2.45) is 5.73 Å². The highest BCUT2D eigenvalue weighted by atomic mass is 16.5. The number of hydrogen-bond acceptors (Lipinski definition) is 3. The first-order valence-electron chi connectivity index (χ1n) is 5.23. The Morgan fingerprint density at radius 1 is 1.62 bits per heavy atom. The third kappa shape index (κ3) is 1.76. The van der Waals surface area contributed by atoms with E-state index in [0.29, 0.717) is 6.42 Å². The predicted molar refractivity (Wildman–Crippen MR) is 59.4 cm³/mol. The van der Waals surface area contributed by atoms with E-state index in [1.54, 1.807) is 7.11 Å². The fraction of sp³-hybridized carbons (Fsp3) is 0.417. The van der Waals surface area contributed by atoms with E-state index in [0.717, 1.165) is 23.3 Å². The van der Waals surface area contributed by atoms with Crippen molar-refractivity contribution in [1.82, 2.24) is 0 Å². The molecule has 0 saturated carbocycles. The van der Waals surface area contributed by atoms with Gasteiger partial charge in [-0.2, -0.15) is 0 Å². The zero-order valence-corrected chi connectivity index (χ0v) is 9.19. The minimum absolute atomic E-state index is 0.0346. The summed E-state index contributed by atoms with van der Waals surface area (Å²) in [7, 11) is 1.59. The Morgan fingerprint density at radius 2 is 2.38 bits per heavy atom. The van der Waals surface area contributed by atoms with Crippen LogP contribution >= 0.6 is 0 Å². The number of aliphatic carboxylic acids is 1. The van der Waals surface area contributed by atoms with Crippen LogP contribution in [0.2, 0.25) is 0 Å². The molecule has 0 amide bonds. The molecule has 0 saturated heterocycles. The maximum atomic E-state index is 10.8. The number of benzene rings is 1. The molecular formula is C12H15NO3. The van der Waals surface area contributed by atoms with Gasteiger partial charge in [0, 0.05) is 0 Å². The maximum absolute atomic E-state index is 10.8. The molecule has 1 atom stereocenters. The minimum atomic E-state index is -0.863. The summed E-state index contributed by atoms with van der Waals surface area (Å²) in [6.45, 7) is 0. The topological polar surface area (TPSA) is 72.5 Å². The standard InChI is InChI=1S/C12H15NO3/c1-16-9-3-2-8-4-5-12(13,7-11(14)15)10(8)6-9/h2-3,6H,4-5,7,13H2,1H3,(H,14,15). The Bertz CT molecular complexity index is 430. The van der Waals surface area contributed by atoms with Gasteiger partial charge in [-0.05, 0) is 36.1 Å². The van der Waals surface area contributed by atoms with Crippen LogP contribution < -0.4 is 10.5 Å². The number of carboxylic acids is 1. The first-order valence-corrected chi connectivity index (χ1v) is 5.23. The van der Waals surface area contributed by atoms with E-state index in [1.807, 2.05) is 18.2 Å². The van der Waals surface area contributed by atoms with Gasteiger partial charge in [-0.25, -0.2) is 0 Å². The lowest BCUT2D eigenvalue weighted by Gasteiger charge is -2.23. The van der Waals surface area contributed by atoms with Crippen molar-refractivity contribution in [3.8, 4) is 5.75 Å². The van der Waals surface area contributed by atoms with E-state index >= 15 is 0 Å². The largest absolute Gasteiger partial charge is 0.497 e. The van der Waals surface area contributed by atoms with E-state index in [9.17, 15) is 4.79 Å². The van der Waals surface area contributed by atoms with Crippen LogP contribution in [0.15, 0.2) is 18.2 Å². The molecule has 1 aromatic rings. The van der Waals surface area contributed by atoms with Crippen LogP contribution in [-0.2, 0) is 16.8 Å². The second kappa shape index (κ2) is 3.79. The summed E-state index contributed by atoms with van der Waals surface area (Å²) in [6.07, 6.45) is 1.48. The number of rotatable bonds is 3. The van der Waals surface area contributed by atoms with E-state index in [4.69, 9.17) is 15.6 Å². The highest BCUT2D eigenvalue weighted by Crippen LogP contribution is 2.39. The molecular weight excluding hydrogens is 206 g/mol. The molecule has 0 spiro atoms. The first kappa shape index (κ1) is 11.0. The molecule has 0 radical (unpaired) electrons. The predicted octanol–water partition coefficient (Wildman–Crippen LogP) is 1.27. The number of nitrogens with two attached hydrogens (primary N) is 1. The van der Waals surface area contributed by atoms with Gasteiger partial charge in [-0.3, -0.25) is 4.79 Å². The number of carbonyl (C=O) groups is 1. The van der Waals surface area contributed by atoms with Crippen molar-refractivity contribution in [2.75, 3.05) is 7.11 Å². The van der Waals surface area contributed by atoms with Gasteiger partial charge in [0.1, 0.15) is 5.75 Å². The fourth-order valence-electron chi connectivity index (χ4n) is 2.31. The van der Waals surface area contributed by atoms with Gasteiger partial charge in [-0.1, -0.05) is 6.07 Å². The number of aryl methyl sites for hydroxylation is 1. The Hall–Kier alpha value is -1.55. The monoisotopic (exact) mass is 221 g/mol. The van der Waals surface area contributed by atoms with Gasteiger partial charge in [0.2, 0.25) is 0 Å². The highest BCUT2D eigenvalue weighted by Gasteiger charge is 2.37. The molecule has 0 heterocycles. The second-order valence-corrected chi connectivity index (χ2v) is 4.25. The molecule has 16 heavy (non-hydrogen) atoms. The molecule has 1 aliphatic carbocycles. The number of carboxylic acid groups (broad SMARTS) is 1. The quantitative estimate of drug-likeness (QED) is 0.806. The molecule has 4 nitrogen and oxygen atoms in total. The number of fused-ring (bicyclic) bond motifs is 1. The zero-order chi connectivity index (χ0) is 11.8. The summed E-state index contributed by atoms with van der Waals surface area (Å²) in [5, 5.41) is 8.88. The smallest absolute Gasteiger partial charge is 0.305 e. The van der Waals surface area contributed by atoms with Crippen molar-refractivity contribution >= 4 is 5.97 Å². The van der Waals surface area contributed by atoms with Crippen LogP contribution in [0.3, 0.4) is 0 Å². The van der Waals surface area contributed by atoms with Crippen molar-refractivity contribution in [2.45, 2.75) is 24.8 Å². The Balaban J connectivity index is 2.40. The van der Waals surface area contributed by atoms with Gasteiger partial charge in [0.05, 0.1) is 19.1 Å². The molecule has 86 valence electrons. The molecule has 1 aromatic carbocycles. The van der Waals surface area contributed by atoms with Crippen LogP contribution in [0.25, 0.3) is 0 Å². The van der Waals surface area contributed by atoms with Gasteiger partial charge in [-0.15, -0.1) is 0 Å². The lowest BCUT2D eigenvalue weighted by molar-refractivity contribution is -0.138. The summed E-state index contributed by atoms with van der Waals surface area (Å²) < 4.78 is 5.13. The fourth-order valence-corrected chi connectivity index (χ4v) is 2.31. The van der Waals surface area contributed by atoms with Crippen molar-refractivity contribution in [3.05, 3.63) is 29.3 Å². The Kier molecular flexibility index (Phi) is 2.59. The number of ether oxygens (including phenoxy) is 1. The maximum Gasteiger partial charge on any atom is 0.305 e. The number of methoxy groups -OCH3 is 1. The SMILES string of the molecule is COc1ccc2c(c1)C(N)(CC(=O)O)CC2. The van der Waals surface area contributed by atoms with Crippen LogP contribution in [0.4, 0.5) is 0 Å². The van der Waals surface area contributed by atoms with Gasteiger partial charge >= 0.3 is 5.97 Å². The van der Waals surface area contributed by atoms with Gasteiger partial charge in [0.25, 0.3) is 0 Å². The molecule has 1 unspecified atom stereocenters. The summed E-state index contributed by atoms with van der Waals surface area (Å²) in [5.74, 6) is -0.140. The Morgan fingerprint density at radius 3 is 3.00 bits per heavy atom. The molecule has 2 rings (SSSR count). The van der Waals surface area contributed by atoms with E-state index in [1.165, 1.54) is 0 Å². The minimum Gasteiger partial charge on any atom is -0.497 e. The normalized spacial score (nSPS) is 22.9.